The van der Waals surface area contributed by atoms with Gasteiger partial charge in [0.25, 0.3) is 0 Å². The lowest BCUT2D eigenvalue weighted by Gasteiger charge is -2.29. The lowest BCUT2D eigenvalue weighted by Crippen LogP contribution is -2.39. The van der Waals surface area contributed by atoms with E-state index in [4.69, 9.17) is 13.9 Å². The van der Waals surface area contributed by atoms with Crippen molar-refractivity contribution in [2.45, 2.75) is 46.3 Å². The highest BCUT2D eigenvalue weighted by molar-refractivity contribution is 5.86. The fraction of sp³-hybridized carbons (Fsp3) is 0.600. The van der Waals surface area contributed by atoms with Gasteiger partial charge in [-0.15, -0.1) is 0 Å². The number of nitrogens with zero attached hydrogens (tertiary/aromatic N) is 1. The molecule has 0 fully saturated rings. The van der Waals surface area contributed by atoms with Crippen LogP contribution in [0.4, 0.5) is 4.79 Å². The van der Waals surface area contributed by atoms with Gasteiger partial charge in [-0.25, -0.2) is 9.59 Å². The first-order valence-electron chi connectivity index (χ1n) is 7.07. The fourth-order valence-corrected chi connectivity index (χ4v) is 2.12. The molecule has 0 spiro atoms. The lowest BCUT2D eigenvalue weighted by molar-refractivity contribution is 0.0217. The number of hydrogen-bond acceptors (Lipinski definition) is 5. The first-order valence-corrected chi connectivity index (χ1v) is 7.07. The molecule has 0 N–H and O–H groups in total. The number of carbonyl (C=O) groups is 2. The maximum absolute atomic E-state index is 12.0. The number of ether oxygens (including phenoxy) is 2. The Morgan fingerprint density at radius 1 is 1.38 bits per heavy atom. The fourth-order valence-electron chi connectivity index (χ4n) is 2.12. The van der Waals surface area contributed by atoms with E-state index in [9.17, 15) is 9.59 Å². The molecule has 2 heterocycles. The van der Waals surface area contributed by atoms with E-state index in [1.807, 2.05) is 20.8 Å². The quantitative estimate of drug-likeness (QED) is 0.785. The van der Waals surface area contributed by atoms with Crippen LogP contribution in [-0.2, 0) is 22.4 Å². The molecule has 0 saturated carbocycles. The van der Waals surface area contributed by atoms with Crippen molar-refractivity contribution in [1.82, 2.24) is 4.90 Å². The van der Waals surface area contributed by atoms with Crippen LogP contribution in [0.1, 0.15) is 49.6 Å². The largest absolute Gasteiger partial charge is 0.460 e. The summed E-state index contributed by atoms with van der Waals surface area (Å²) in [7, 11) is 0. The average molecular weight is 295 g/mol. The standard InChI is InChI=1S/C15H21NO5/c1-5-19-13(17)12-8-10-9-16(7-6-11(10)20-12)14(18)21-15(2,3)4/h8H,5-7,9H2,1-4H3. The van der Waals surface area contributed by atoms with Crippen molar-refractivity contribution in [1.29, 1.82) is 0 Å². The maximum Gasteiger partial charge on any atom is 0.410 e. The van der Waals surface area contributed by atoms with E-state index in [1.54, 1.807) is 17.9 Å². The van der Waals surface area contributed by atoms with Gasteiger partial charge >= 0.3 is 12.1 Å². The Balaban J connectivity index is 2.07. The van der Waals surface area contributed by atoms with Crippen LogP contribution < -0.4 is 0 Å². The first kappa shape index (κ1) is 15.4. The van der Waals surface area contributed by atoms with Crippen molar-refractivity contribution in [2.24, 2.45) is 0 Å². The molecular formula is C15H21NO5. The Morgan fingerprint density at radius 3 is 2.71 bits per heavy atom. The molecule has 1 aromatic rings. The molecule has 21 heavy (non-hydrogen) atoms. The molecular weight excluding hydrogens is 274 g/mol. The van der Waals surface area contributed by atoms with Gasteiger partial charge in [0, 0.05) is 18.5 Å². The summed E-state index contributed by atoms with van der Waals surface area (Å²) in [4.78, 5) is 25.3. The van der Waals surface area contributed by atoms with Gasteiger partial charge in [-0.3, -0.25) is 0 Å². The van der Waals surface area contributed by atoms with E-state index >= 15 is 0 Å². The molecule has 116 valence electrons. The van der Waals surface area contributed by atoms with Gasteiger partial charge in [-0.05, 0) is 33.8 Å². The summed E-state index contributed by atoms with van der Waals surface area (Å²) < 4.78 is 15.8. The van der Waals surface area contributed by atoms with Gasteiger partial charge in [0.2, 0.25) is 5.76 Å². The Hall–Kier alpha value is -1.98. The number of amides is 1. The molecule has 1 aromatic heterocycles. The molecule has 1 amide bonds. The van der Waals surface area contributed by atoms with Crippen LogP contribution in [0.25, 0.3) is 0 Å². The molecule has 0 aliphatic carbocycles. The summed E-state index contributed by atoms with van der Waals surface area (Å²) in [5, 5.41) is 0. The van der Waals surface area contributed by atoms with Crippen LogP contribution in [0.5, 0.6) is 0 Å². The molecule has 6 nitrogen and oxygen atoms in total. The predicted molar refractivity (Wildman–Crippen MR) is 75.0 cm³/mol. The molecule has 2 rings (SSSR count). The molecule has 1 aliphatic heterocycles. The third-order valence-corrected chi connectivity index (χ3v) is 2.99. The number of fused-ring (bicyclic) bond motifs is 1. The third kappa shape index (κ3) is 3.77. The highest BCUT2D eigenvalue weighted by Gasteiger charge is 2.29. The van der Waals surface area contributed by atoms with Gasteiger partial charge in [-0.2, -0.15) is 0 Å². The number of carbonyl (C=O) groups excluding carboxylic acids is 2. The molecule has 0 saturated heterocycles. The Bertz CT molecular complexity index is 541. The summed E-state index contributed by atoms with van der Waals surface area (Å²) in [6.45, 7) is 8.43. The van der Waals surface area contributed by atoms with Crippen LogP contribution >= 0.6 is 0 Å². The summed E-state index contributed by atoms with van der Waals surface area (Å²) >= 11 is 0. The monoisotopic (exact) mass is 295 g/mol. The van der Waals surface area contributed by atoms with Gasteiger partial charge in [0.1, 0.15) is 11.4 Å². The normalized spacial score (nSPS) is 14.6. The van der Waals surface area contributed by atoms with Crippen LogP contribution in [0.2, 0.25) is 0 Å². The summed E-state index contributed by atoms with van der Waals surface area (Å²) in [6.07, 6.45) is 0.209. The number of furan rings is 1. The lowest BCUT2D eigenvalue weighted by atomic mass is 10.1. The van der Waals surface area contributed by atoms with Crippen molar-refractivity contribution in [2.75, 3.05) is 13.2 Å². The summed E-state index contributed by atoms with van der Waals surface area (Å²) in [6, 6.07) is 1.64. The summed E-state index contributed by atoms with van der Waals surface area (Å²) in [5.74, 6) is 0.446. The second-order valence-corrected chi connectivity index (χ2v) is 5.93. The molecule has 0 bridgehead atoms. The SMILES string of the molecule is CCOC(=O)c1cc2c(o1)CCN(C(=O)OC(C)(C)C)C2. The molecule has 0 unspecified atom stereocenters. The number of esters is 1. The molecule has 0 radical (unpaired) electrons. The van der Waals surface area contributed by atoms with Gasteiger partial charge in [0.15, 0.2) is 0 Å². The van der Waals surface area contributed by atoms with E-state index < -0.39 is 11.6 Å². The zero-order valence-corrected chi connectivity index (χ0v) is 12.9. The Kier molecular flexibility index (Phi) is 4.25. The van der Waals surface area contributed by atoms with Crippen LogP contribution in [-0.4, -0.2) is 35.7 Å². The van der Waals surface area contributed by atoms with E-state index in [2.05, 4.69) is 0 Å². The minimum Gasteiger partial charge on any atom is -0.460 e. The van der Waals surface area contributed by atoms with Crippen LogP contribution in [0.15, 0.2) is 10.5 Å². The molecule has 1 aliphatic rings. The van der Waals surface area contributed by atoms with Crippen LogP contribution in [0.3, 0.4) is 0 Å². The highest BCUT2D eigenvalue weighted by atomic mass is 16.6. The Morgan fingerprint density at radius 2 is 2.10 bits per heavy atom. The highest BCUT2D eigenvalue weighted by Crippen LogP contribution is 2.24. The zero-order valence-electron chi connectivity index (χ0n) is 12.9. The van der Waals surface area contributed by atoms with Gasteiger partial charge < -0.3 is 18.8 Å². The van der Waals surface area contributed by atoms with Gasteiger partial charge in [0.05, 0.1) is 13.2 Å². The molecule has 0 aromatic carbocycles. The average Bonchev–Trinajstić information content (AvgIpc) is 2.79. The van der Waals surface area contributed by atoms with Crippen molar-refractivity contribution in [3.8, 4) is 0 Å². The van der Waals surface area contributed by atoms with Crippen molar-refractivity contribution in [3.05, 3.63) is 23.2 Å². The van der Waals surface area contributed by atoms with E-state index in [0.717, 1.165) is 11.3 Å². The predicted octanol–water partition coefficient (Wildman–Crippen LogP) is 2.75. The minimum atomic E-state index is -0.524. The van der Waals surface area contributed by atoms with Crippen molar-refractivity contribution >= 4 is 12.1 Å². The zero-order chi connectivity index (χ0) is 15.6. The van der Waals surface area contributed by atoms with Gasteiger partial charge in [-0.1, -0.05) is 0 Å². The van der Waals surface area contributed by atoms with Crippen molar-refractivity contribution < 1.29 is 23.5 Å². The first-order chi connectivity index (χ1) is 9.80. The second kappa shape index (κ2) is 5.79. The molecule has 6 heteroatoms. The second-order valence-electron chi connectivity index (χ2n) is 5.93. The Labute approximate surface area is 124 Å². The van der Waals surface area contributed by atoms with E-state index in [0.29, 0.717) is 26.1 Å². The minimum absolute atomic E-state index is 0.188. The van der Waals surface area contributed by atoms with Crippen LogP contribution in [0, 0.1) is 0 Å². The van der Waals surface area contributed by atoms with E-state index in [1.165, 1.54) is 0 Å². The number of rotatable bonds is 2. The summed E-state index contributed by atoms with van der Waals surface area (Å²) in [5.41, 5.74) is 0.305. The number of hydrogen-bond donors (Lipinski definition) is 0. The molecule has 0 atom stereocenters. The smallest absolute Gasteiger partial charge is 0.410 e. The van der Waals surface area contributed by atoms with Crippen molar-refractivity contribution in [3.63, 3.8) is 0 Å². The maximum atomic E-state index is 12.0. The van der Waals surface area contributed by atoms with E-state index in [-0.39, 0.29) is 11.9 Å². The topological polar surface area (TPSA) is 69.0 Å². The third-order valence-electron chi connectivity index (χ3n) is 2.99.